The van der Waals surface area contributed by atoms with Crippen LogP contribution in [0, 0.1) is 32.5 Å². The summed E-state index contributed by atoms with van der Waals surface area (Å²) < 4.78 is 37.9. The van der Waals surface area contributed by atoms with E-state index in [9.17, 15) is 4.79 Å². The second-order valence-electron chi connectivity index (χ2n) is 12.1. The van der Waals surface area contributed by atoms with Gasteiger partial charge in [-0.25, -0.2) is 14.2 Å². The number of nitrogens with zero attached hydrogens (tertiary/aromatic N) is 4. The molecule has 0 saturated carbocycles. The lowest BCUT2D eigenvalue weighted by atomic mass is 10.00. The van der Waals surface area contributed by atoms with Gasteiger partial charge in [0, 0.05) is 30.4 Å². The van der Waals surface area contributed by atoms with Crippen LogP contribution in [0.15, 0.2) is 73.3 Å². The minimum atomic E-state index is -0.629. The molecule has 0 bridgehead atoms. The molecule has 0 radical (unpaired) electrons. The maximum Gasteiger partial charge on any atom is 0.421 e. The average Bonchev–Trinajstić information content (AvgIpc) is 3.05. The largest absolute Gasteiger partial charge is 0.490 e. The Bertz CT molecular complexity index is 1770. The van der Waals surface area contributed by atoms with E-state index >= 15 is 4.39 Å². The van der Waals surface area contributed by atoms with E-state index in [-0.39, 0.29) is 24.1 Å². The highest BCUT2D eigenvalue weighted by molar-refractivity contribution is 5.88. The van der Waals surface area contributed by atoms with E-state index < -0.39 is 11.9 Å². The molecule has 6 rings (SSSR count). The van der Waals surface area contributed by atoms with Crippen molar-refractivity contribution in [3.05, 3.63) is 101 Å². The first-order chi connectivity index (χ1) is 22.7. The molecular weight excluding hydrogens is 601 g/mol. The first-order valence-corrected chi connectivity index (χ1v) is 15.6. The molecule has 244 valence electrons. The molecule has 0 aliphatic carbocycles. The Morgan fingerprint density at radius 2 is 1.83 bits per heavy atom. The third kappa shape index (κ3) is 7.81. The zero-order valence-electron chi connectivity index (χ0n) is 27.0. The number of halogens is 1. The monoisotopic (exact) mass is 639 g/mol. The van der Waals surface area contributed by atoms with Crippen LogP contribution in [-0.4, -0.2) is 47.7 Å². The number of hydrogen-bond donors (Lipinski definition) is 1. The van der Waals surface area contributed by atoms with E-state index in [1.54, 1.807) is 30.3 Å². The first-order valence-electron chi connectivity index (χ1n) is 15.6. The number of nitrogens with one attached hydrogen (secondary N) is 1. The van der Waals surface area contributed by atoms with Crippen LogP contribution in [0.3, 0.4) is 0 Å². The number of ether oxygens (including phenoxy) is 4. The number of piperidine rings is 1. The van der Waals surface area contributed by atoms with Crippen molar-refractivity contribution in [1.29, 1.82) is 0 Å². The second-order valence-corrected chi connectivity index (χ2v) is 12.1. The molecule has 3 heterocycles. The average molecular weight is 640 g/mol. The topological polar surface area (TPSA) is 98.3 Å². The third-order valence-corrected chi connectivity index (χ3v) is 8.11. The number of likely N-dealkylation sites (tertiary alicyclic amines) is 1. The summed E-state index contributed by atoms with van der Waals surface area (Å²) in [4.78, 5) is 26.4. The lowest BCUT2D eigenvalue weighted by molar-refractivity contribution is 0.147. The van der Waals surface area contributed by atoms with Gasteiger partial charge in [-0.05, 0) is 94.2 Å². The minimum absolute atomic E-state index is 0.108. The Hall–Kier alpha value is -5.16. The summed E-state index contributed by atoms with van der Waals surface area (Å²) in [6.45, 7) is 8.39. The van der Waals surface area contributed by atoms with Crippen molar-refractivity contribution in [1.82, 2.24) is 14.9 Å². The molecule has 4 aromatic rings. The number of fused-ring (bicyclic) bond motifs is 1. The highest BCUT2D eigenvalue weighted by atomic mass is 19.1. The molecule has 0 spiro atoms. The fraction of sp³-hybridized carbons (Fsp3) is 0.306. The van der Waals surface area contributed by atoms with Gasteiger partial charge in [0.1, 0.15) is 24.1 Å². The molecule has 3 aromatic carbocycles. The summed E-state index contributed by atoms with van der Waals surface area (Å²) in [5.74, 6) is 2.11. The van der Waals surface area contributed by atoms with Crippen molar-refractivity contribution >= 4 is 23.5 Å². The van der Waals surface area contributed by atoms with Gasteiger partial charge in [0.25, 0.3) is 0 Å². The van der Waals surface area contributed by atoms with Crippen molar-refractivity contribution in [2.45, 2.75) is 40.2 Å². The number of aryl methyl sites for hydroxylation is 3. The molecule has 47 heavy (non-hydrogen) atoms. The van der Waals surface area contributed by atoms with Crippen LogP contribution in [0.1, 0.15) is 35.1 Å². The molecule has 1 atom stereocenters. The van der Waals surface area contributed by atoms with E-state index in [1.165, 1.54) is 29.7 Å². The van der Waals surface area contributed by atoms with Crippen molar-refractivity contribution < 1.29 is 28.1 Å². The Morgan fingerprint density at radius 1 is 1.04 bits per heavy atom. The molecule has 11 heteroatoms. The standard InChI is InChI=1S/C36H38FN5O5/c1-23-16-24(2)34(25(3)17-23)47-36(43)42(21-26-7-9-31-32(18-26)45-15-14-44-31)33-11-12-38-35(40-33)39-28-8-10-30(29(37)19-28)46-22-27-6-5-13-41(4)20-27/h7-12,14-19,27H,5-6,13,20-22H2,1-4H3,(H,38,39,40). The SMILES string of the molecule is Cc1cc(C)c(OC(=O)N(Cc2ccc3c(c2)OC=CO3)c2ccnc(Nc3ccc(OCC4CCCN(C)C4)c(F)c3)n2)c(C)c1. The smallest absolute Gasteiger partial charge is 0.421 e. The summed E-state index contributed by atoms with van der Waals surface area (Å²) in [6, 6.07) is 15.6. The Labute approximate surface area is 273 Å². The van der Waals surface area contributed by atoms with E-state index in [4.69, 9.17) is 18.9 Å². The summed E-state index contributed by atoms with van der Waals surface area (Å²) in [5.41, 5.74) is 3.94. The van der Waals surface area contributed by atoms with Gasteiger partial charge >= 0.3 is 6.09 Å². The number of carbonyl (C=O) groups excluding carboxylic acids is 1. The van der Waals surface area contributed by atoms with Crippen LogP contribution < -0.4 is 29.2 Å². The van der Waals surface area contributed by atoms with Gasteiger partial charge in [0.15, 0.2) is 23.1 Å². The highest BCUT2D eigenvalue weighted by Crippen LogP contribution is 2.33. The van der Waals surface area contributed by atoms with Crippen molar-refractivity contribution in [2.75, 3.05) is 37.0 Å². The molecule has 10 nitrogen and oxygen atoms in total. The molecule has 1 saturated heterocycles. The maximum atomic E-state index is 15.0. The Morgan fingerprint density at radius 3 is 2.60 bits per heavy atom. The van der Waals surface area contributed by atoms with Crippen LogP contribution >= 0.6 is 0 Å². The summed E-state index contributed by atoms with van der Waals surface area (Å²) in [6.07, 6.45) is 5.98. The zero-order valence-corrected chi connectivity index (χ0v) is 27.0. The first kappa shape index (κ1) is 31.8. The maximum absolute atomic E-state index is 15.0. The van der Waals surface area contributed by atoms with Crippen LogP contribution in [-0.2, 0) is 6.54 Å². The van der Waals surface area contributed by atoms with Crippen molar-refractivity contribution in [3.8, 4) is 23.0 Å². The Balaban J connectivity index is 1.22. The van der Waals surface area contributed by atoms with E-state index in [0.29, 0.717) is 35.5 Å². The molecule has 2 aliphatic rings. The molecule has 1 fully saturated rings. The van der Waals surface area contributed by atoms with Crippen molar-refractivity contribution in [3.63, 3.8) is 0 Å². The lowest BCUT2D eigenvalue weighted by Crippen LogP contribution is -2.34. The summed E-state index contributed by atoms with van der Waals surface area (Å²) >= 11 is 0. The molecule has 2 aliphatic heterocycles. The number of aromatic nitrogens is 2. The van der Waals surface area contributed by atoms with E-state index in [2.05, 4.69) is 27.2 Å². The van der Waals surface area contributed by atoms with Crippen LogP contribution in [0.4, 0.5) is 26.6 Å². The predicted octanol–water partition coefficient (Wildman–Crippen LogP) is 7.45. The summed E-state index contributed by atoms with van der Waals surface area (Å²) in [5, 5.41) is 3.05. The quantitative estimate of drug-likeness (QED) is 0.200. The van der Waals surface area contributed by atoms with Crippen molar-refractivity contribution in [2.24, 2.45) is 5.92 Å². The van der Waals surface area contributed by atoms with Crippen LogP contribution in [0.25, 0.3) is 0 Å². The van der Waals surface area contributed by atoms with Gasteiger partial charge in [0.05, 0.1) is 13.2 Å². The molecule has 1 N–H and O–H groups in total. The fourth-order valence-electron chi connectivity index (χ4n) is 5.94. The highest BCUT2D eigenvalue weighted by Gasteiger charge is 2.24. The van der Waals surface area contributed by atoms with Gasteiger partial charge in [-0.15, -0.1) is 0 Å². The predicted molar refractivity (Wildman–Crippen MR) is 177 cm³/mol. The van der Waals surface area contributed by atoms with Gasteiger partial charge in [-0.2, -0.15) is 4.98 Å². The number of amides is 1. The number of hydrogen-bond acceptors (Lipinski definition) is 9. The minimum Gasteiger partial charge on any atom is -0.490 e. The van der Waals surface area contributed by atoms with E-state index in [1.807, 2.05) is 39.0 Å². The van der Waals surface area contributed by atoms with Gasteiger partial charge in [-0.1, -0.05) is 23.8 Å². The number of rotatable bonds is 9. The van der Waals surface area contributed by atoms with E-state index in [0.717, 1.165) is 48.2 Å². The fourth-order valence-corrected chi connectivity index (χ4v) is 5.94. The lowest BCUT2D eigenvalue weighted by Gasteiger charge is -2.29. The second kappa shape index (κ2) is 14.1. The van der Waals surface area contributed by atoms with Crippen LogP contribution in [0.2, 0.25) is 0 Å². The van der Waals surface area contributed by atoms with Crippen LogP contribution in [0.5, 0.6) is 23.0 Å². The molecular formula is C36H38FN5O5. The number of carbonyl (C=O) groups is 1. The van der Waals surface area contributed by atoms with Gasteiger partial charge in [-0.3, -0.25) is 4.90 Å². The number of anilines is 3. The zero-order chi connectivity index (χ0) is 32.9. The van der Waals surface area contributed by atoms with Gasteiger partial charge < -0.3 is 29.2 Å². The molecule has 1 unspecified atom stereocenters. The normalized spacial score (nSPS) is 15.6. The van der Waals surface area contributed by atoms with Gasteiger partial charge in [0.2, 0.25) is 5.95 Å². The third-order valence-electron chi connectivity index (χ3n) is 8.11. The molecule has 1 aromatic heterocycles. The number of benzene rings is 3. The Kier molecular flexibility index (Phi) is 9.53. The molecule has 1 amide bonds. The summed E-state index contributed by atoms with van der Waals surface area (Å²) in [7, 11) is 2.09.